The molecule has 0 aliphatic rings. The maximum absolute atomic E-state index is 13.0. The Kier molecular flexibility index (Phi) is 4.05. The average molecular weight is 239 g/mol. The monoisotopic (exact) mass is 239 g/mol. The van der Waals surface area contributed by atoms with Crippen molar-refractivity contribution in [3.8, 4) is 5.75 Å². The van der Waals surface area contributed by atoms with Gasteiger partial charge in [0.1, 0.15) is 6.10 Å². The summed E-state index contributed by atoms with van der Waals surface area (Å²) in [5, 5.41) is 0. The number of hydrogen-bond acceptors (Lipinski definition) is 3. The van der Waals surface area contributed by atoms with E-state index in [1.54, 1.807) is 0 Å². The Labute approximate surface area is 89.0 Å². The van der Waals surface area contributed by atoms with E-state index in [9.17, 15) is 17.6 Å². The molecule has 0 amide bonds. The summed E-state index contributed by atoms with van der Waals surface area (Å²) in [6, 6.07) is 0. The van der Waals surface area contributed by atoms with Crippen LogP contribution in [0.15, 0.2) is 0 Å². The predicted molar refractivity (Wildman–Crippen MR) is 46.0 cm³/mol. The average Bonchev–Trinajstić information content (AvgIpc) is 2.22. The van der Waals surface area contributed by atoms with Crippen molar-refractivity contribution in [3.63, 3.8) is 0 Å². The highest BCUT2D eigenvalue weighted by molar-refractivity contribution is 5.24. The minimum Gasteiger partial charge on any atom is -0.482 e. The number of rotatable bonds is 4. The molecule has 0 saturated carbocycles. The lowest BCUT2D eigenvalue weighted by Crippen LogP contribution is -2.20. The van der Waals surface area contributed by atoms with Gasteiger partial charge in [-0.25, -0.2) is 0 Å². The third-order valence-electron chi connectivity index (χ3n) is 1.68. The number of methoxy groups -OCH3 is 1. The molecule has 0 N–H and O–H groups in total. The maximum Gasteiger partial charge on any atom is 0.255 e. The number of pyridine rings is 1. The second-order valence-corrected chi connectivity index (χ2v) is 3.03. The summed E-state index contributed by atoms with van der Waals surface area (Å²) in [4.78, 5) is 2.39. The van der Waals surface area contributed by atoms with Crippen LogP contribution in [0.2, 0.25) is 0 Å². The van der Waals surface area contributed by atoms with Crippen molar-refractivity contribution >= 4 is 0 Å². The van der Waals surface area contributed by atoms with E-state index in [-0.39, 0.29) is 6.61 Å². The molecular weight excluding hydrogens is 230 g/mol. The zero-order valence-corrected chi connectivity index (χ0v) is 8.56. The van der Waals surface area contributed by atoms with E-state index in [1.807, 2.05) is 0 Å². The number of halogens is 4. The SMILES string of the molecule is COCC(C)Oc1c(F)c(F)nc(F)c1F. The standard InChI is InChI=1S/C9H9F4NO2/c1-4(3-15-2)16-7-5(10)8(12)14-9(13)6(7)11/h4H,3H2,1-2H3. The maximum atomic E-state index is 13.0. The van der Waals surface area contributed by atoms with Crippen molar-refractivity contribution in [1.29, 1.82) is 0 Å². The van der Waals surface area contributed by atoms with Gasteiger partial charge in [-0.1, -0.05) is 0 Å². The van der Waals surface area contributed by atoms with Gasteiger partial charge in [0, 0.05) is 7.11 Å². The van der Waals surface area contributed by atoms with Crippen molar-refractivity contribution in [2.24, 2.45) is 0 Å². The number of aromatic nitrogens is 1. The van der Waals surface area contributed by atoms with Crippen LogP contribution in [0.5, 0.6) is 5.75 Å². The molecule has 1 rings (SSSR count). The summed E-state index contributed by atoms with van der Waals surface area (Å²) < 4.78 is 60.7. The second-order valence-electron chi connectivity index (χ2n) is 3.03. The highest BCUT2D eigenvalue weighted by Gasteiger charge is 2.23. The molecule has 90 valence electrons. The van der Waals surface area contributed by atoms with Crippen LogP contribution < -0.4 is 4.74 Å². The van der Waals surface area contributed by atoms with E-state index in [0.29, 0.717) is 0 Å². The van der Waals surface area contributed by atoms with E-state index in [1.165, 1.54) is 14.0 Å². The number of nitrogens with zero attached hydrogens (tertiary/aromatic N) is 1. The lowest BCUT2D eigenvalue weighted by molar-refractivity contribution is 0.0842. The first kappa shape index (κ1) is 12.7. The molecule has 0 aromatic carbocycles. The Morgan fingerprint density at radius 2 is 1.62 bits per heavy atom. The lowest BCUT2D eigenvalue weighted by atomic mass is 10.3. The van der Waals surface area contributed by atoms with Crippen LogP contribution in [0.1, 0.15) is 6.92 Å². The molecule has 3 nitrogen and oxygen atoms in total. The largest absolute Gasteiger partial charge is 0.482 e. The smallest absolute Gasteiger partial charge is 0.255 e. The first-order valence-corrected chi connectivity index (χ1v) is 4.33. The van der Waals surface area contributed by atoms with Crippen LogP contribution in [0.25, 0.3) is 0 Å². The molecule has 1 aromatic heterocycles. The zero-order valence-electron chi connectivity index (χ0n) is 8.56. The summed E-state index contributed by atoms with van der Waals surface area (Å²) in [5.74, 6) is -7.96. The van der Waals surface area contributed by atoms with E-state index in [0.717, 1.165) is 0 Å². The minimum atomic E-state index is -1.75. The fourth-order valence-corrected chi connectivity index (χ4v) is 1.04. The van der Waals surface area contributed by atoms with Crippen molar-refractivity contribution in [1.82, 2.24) is 4.98 Å². The molecule has 1 unspecified atom stereocenters. The summed E-state index contributed by atoms with van der Waals surface area (Å²) in [6.45, 7) is 1.45. The molecule has 1 atom stereocenters. The molecule has 0 aliphatic carbocycles. The first-order valence-electron chi connectivity index (χ1n) is 4.33. The molecule has 0 radical (unpaired) electrons. The summed E-state index contributed by atoms with van der Waals surface area (Å²) in [6.07, 6.45) is -0.754. The van der Waals surface area contributed by atoms with Gasteiger partial charge in [-0.15, -0.1) is 0 Å². The van der Waals surface area contributed by atoms with Gasteiger partial charge in [0.25, 0.3) is 11.9 Å². The summed E-state index contributed by atoms with van der Waals surface area (Å²) in [5.41, 5.74) is 0. The molecule has 0 aliphatic heterocycles. The van der Waals surface area contributed by atoms with Gasteiger partial charge in [0.15, 0.2) is 0 Å². The van der Waals surface area contributed by atoms with Gasteiger partial charge in [0.2, 0.25) is 17.4 Å². The van der Waals surface area contributed by atoms with Crippen molar-refractivity contribution in [2.75, 3.05) is 13.7 Å². The third kappa shape index (κ3) is 2.60. The molecule has 1 aromatic rings. The van der Waals surface area contributed by atoms with E-state index >= 15 is 0 Å². The molecule has 0 saturated heterocycles. The van der Waals surface area contributed by atoms with Crippen LogP contribution >= 0.6 is 0 Å². The van der Waals surface area contributed by atoms with Gasteiger partial charge in [-0.3, -0.25) is 0 Å². The van der Waals surface area contributed by atoms with Crippen LogP contribution in [0.4, 0.5) is 17.6 Å². The molecule has 1 heterocycles. The number of hydrogen-bond donors (Lipinski definition) is 0. The predicted octanol–water partition coefficient (Wildman–Crippen LogP) is 2.05. The van der Waals surface area contributed by atoms with Crippen LogP contribution in [0, 0.1) is 23.5 Å². The van der Waals surface area contributed by atoms with E-state index in [2.05, 4.69) is 14.5 Å². The van der Waals surface area contributed by atoms with Crippen molar-refractivity contribution in [3.05, 3.63) is 23.5 Å². The fraction of sp³-hybridized carbons (Fsp3) is 0.444. The molecular formula is C9H9F4NO2. The molecule has 0 spiro atoms. The van der Waals surface area contributed by atoms with Crippen LogP contribution in [0.3, 0.4) is 0 Å². The first-order chi connectivity index (χ1) is 7.47. The van der Waals surface area contributed by atoms with Crippen molar-refractivity contribution < 1.29 is 27.0 Å². The zero-order chi connectivity index (χ0) is 12.3. The Bertz CT molecular complexity index is 360. The molecule has 7 heteroatoms. The molecule has 0 bridgehead atoms. The van der Waals surface area contributed by atoms with Crippen molar-refractivity contribution in [2.45, 2.75) is 13.0 Å². The van der Waals surface area contributed by atoms with E-state index < -0.39 is 35.4 Å². The minimum absolute atomic E-state index is 0.0183. The normalized spacial score (nSPS) is 12.6. The Morgan fingerprint density at radius 1 is 1.12 bits per heavy atom. The molecule has 0 fully saturated rings. The van der Waals surface area contributed by atoms with Gasteiger partial charge in [-0.05, 0) is 6.92 Å². The Hall–Kier alpha value is -1.37. The van der Waals surface area contributed by atoms with Gasteiger partial charge < -0.3 is 9.47 Å². The van der Waals surface area contributed by atoms with Crippen LogP contribution in [-0.4, -0.2) is 24.8 Å². The summed E-state index contributed by atoms with van der Waals surface area (Å²) >= 11 is 0. The molecule has 16 heavy (non-hydrogen) atoms. The lowest BCUT2D eigenvalue weighted by Gasteiger charge is -2.14. The topological polar surface area (TPSA) is 31.4 Å². The van der Waals surface area contributed by atoms with E-state index in [4.69, 9.17) is 0 Å². The second kappa shape index (κ2) is 5.11. The quantitative estimate of drug-likeness (QED) is 0.595. The van der Waals surface area contributed by atoms with Gasteiger partial charge >= 0.3 is 0 Å². The third-order valence-corrected chi connectivity index (χ3v) is 1.68. The highest BCUT2D eigenvalue weighted by atomic mass is 19.2. The fourth-order valence-electron chi connectivity index (χ4n) is 1.04. The van der Waals surface area contributed by atoms with Gasteiger partial charge in [-0.2, -0.15) is 22.5 Å². The summed E-state index contributed by atoms with van der Waals surface area (Å²) in [7, 11) is 1.35. The Balaban J connectivity index is 3.03. The van der Waals surface area contributed by atoms with Gasteiger partial charge in [0.05, 0.1) is 6.61 Å². The van der Waals surface area contributed by atoms with Crippen LogP contribution in [-0.2, 0) is 4.74 Å². The number of ether oxygens (including phenoxy) is 2. The highest BCUT2D eigenvalue weighted by Crippen LogP contribution is 2.25. The Morgan fingerprint density at radius 3 is 2.06 bits per heavy atom.